The number of ether oxygens (including phenoxy) is 2. The minimum Gasteiger partial charge on any atom is -0.497 e. The SMILES string of the molecule is COc1ccc(OC(F)F)c(CNC(=O)CC2CCCN2)c1. The van der Waals surface area contributed by atoms with Gasteiger partial charge in [-0.2, -0.15) is 8.78 Å². The number of carbonyl (C=O) groups excluding carboxylic acids is 1. The summed E-state index contributed by atoms with van der Waals surface area (Å²) in [5.74, 6) is 0.434. The van der Waals surface area contributed by atoms with E-state index in [1.807, 2.05) is 0 Å². The molecule has 0 radical (unpaired) electrons. The summed E-state index contributed by atoms with van der Waals surface area (Å²) in [6.07, 6.45) is 2.43. The highest BCUT2D eigenvalue weighted by atomic mass is 19.3. The lowest BCUT2D eigenvalue weighted by atomic mass is 10.1. The van der Waals surface area contributed by atoms with Gasteiger partial charge in [0.25, 0.3) is 0 Å². The number of carbonyl (C=O) groups is 1. The first kappa shape index (κ1) is 16.5. The van der Waals surface area contributed by atoms with Gasteiger partial charge in [0.15, 0.2) is 0 Å². The second kappa shape index (κ2) is 7.93. The number of alkyl halides is 2. The van der Waals surface area contributed by atoms with E-state index in [9.17, 15) is 13.6 Å². The van der Waals surface area contributed by atoms with Crippen LogP contribution in [0.1, 0.15) is 24.8 Å². The molecule has 1 unspecified atom stereocenters. The fourth-order valence-electron chi connectivity index (χ4n) is 2.45. The molecule has 1 aromatic rings. The van der Waals surface area contributed by atoms with E-state index < -0.39 is 6.61 Å². The molecule has 1 fully saturated rings. The molecule has 0 spiro atoms. The molecule has 1 aliphatic heterocycles. The largest absolute Gasteiger partial charge is 0.497 e. The summed E-state index contributed by atoms with van der Waals surface area (Å²) >= 11 is 0. The van der Waals surface area contributed by atoms with E-state index in [4.69, 9.17) is 4.74 Å². The van der Waals surface area contributed by atoms with Crippen molar-refractivity contribution in [2.45, 2.75) is 38.5 Å². The molecule has 1 aliphatic rings. The van der Waals surface area contributed by atoms with Gasteiger partial charge in [0.1, 0.15) is 11.5 Å². The van der Waals surface area contributed by atoms with Crippen molar-refractivity contribution in [1.29, 1.82) is 0 Å². The minimum atomic E-state index is -2.91. The average Bonchev–Trinajstić information content (AvgIpc) is 2.98. The summed E-state index contributed by atoms with van der Waals surface area (Å²) in [6.45, 7) is -1.86. The highest BCUT2D eigenvalue weighted by Crippen LogP contribution is 2.25. The number of methoxy groups -OCH3 is 1. The van der Waals surface area contributed by atoms with Crippen LogP contribution in [-0.2, 0) is 11.3 Å². The van der Waals surface area contributed by atoms with Crippen molar-refractivity contribution < 1.29 is 23.0 Å². The van der Waals surface area contributed by atoms with Crippen LogP contribution in [0.3, 0.4) is 0 Å². The molecule has 1 amide bonds. The average molecular weight is 314 g/mol. The fourth-order valence-corrected chi connectivity index (χ4v) is 2.45. The smallest absolute Gasteiger partial charge is 0.387 e. The number of hydrogen-bond acceptors (Lipinski definition) is 4. The van der Waals surface area contributed by atoms with Crippen LogP contribution in [0.5, 0.6) is 11.5 Å². The van der Waals surface area contributed by atoms with Crippen molar-refractivity contribution in [3.8, 4) is 11.5 Å². The fraction of sp³-hybridized carbons (Fsp3) is 0.533. The van der Waals surface area contributed by atoms with Crippen molar-refractivity contribution in [3.63, 3.8) is 0 Å². The predicted octanol–water partition coefficient (Wildman–Crippen LogP) is 2.05. The molecule has 122 valence electrons. The first-order valence-corrected chi connectivity index (χ1v) is 7.20. The number of benzene rings is 1. The third-order valence-corrected chi connectivity index (χ3v) is 3.55. The Morgan fingerprint density at radius 1 is 1.50 bits per heavy atom. The molecular formula is C15H20F2N2O3. The van der Waals surface area contributed by atoms with Crippen LogP contribution in [0.15, 0.2) is 18.2 Å². The maximum absolute atomic E-state index is 12.4. The third-order valence-electron chi connectivity index (χ3n) is 3.55. The Kier molecular flexibility index (Phi) is 5.94. The molecule has 1 saturated heterocycles. The first-order chi connectivity index (χ1) is 10.6. The number of hydrogen-bond donors (Lipinski definition) is 2. The standard InChI is InChI=1S/C15H20F2N2O3/c1-21-12-4-5-13(22-15(16)17)10(7-12)9-19-14(20)8-11-3-2-6-18-11/h4-5,7,11,15,18H,2-3,6,8-9H2,1H3,(H,19,20). The molecule has 0 aliphatic carbocycles. The van der Waals surface area contributed by atoms with Crippen molar-refractivity contribution >= 4 is 5.91 Å². The first-order valence-electron chi connectivity index (χ1n) is 7.20. The van der Waals surface area contributed by atoms with E-state index in [-0.39, 0.29) is 24.2 Å². The van der Waals surface area contributed by atoms with Gasteiger partial charge in [-0.25, -0.2) is 0 Å². The zero-order valence-corrected chi connectivity index (χ0v) is 12.4. The van der Waals surface area contributed by atoms with Crippen LogP contribution in [0.25, 0.3) is 0 Å². The van der Waals surface area contributed by atoms with Gasteiger partial charge in [0, 0.05) is 24.6 Å². The molecule has 2 N–H and O–H groups in total. The zero-order chi connectivity index (χ0) is 15.9. The van der Waals surface area contributed by atoms with Crippen LogP contribution < -0.4 is 20.1 Å². The molecule has 2 rings (SSSR count). The Balaban J connectivity index is 1.95. The summed E-state index contributed by atoms with van der Waals surface area (Å²) < 4.78 is 34.3. The van der Waals surface area contributed by atoms with Crippen molar-refractivity contribution in [3.05, 3.63) is 23.8 Å². The van der Waals surface area contributed by atoms with Gasteiger partial charge in [-0.05, 0) is 37.6 Å². The van der Waals surface area contributed by atoms with Crippen molar-refractivity contribution in [2.24, 2.45) is 0 Å². The Labute approximate surface area is 128 Å². The van der Waals surface area contributed by atoms with E-state index in [0.29, 0.717) is 17.7 Å². The lowest BCUT2D eigenvalue weighted by molar-refractivity contribution is -0.121. The van der Waals surface area contributed by atoms with Crippen LogP contribution in [0.2, 0.25) is 0 Å². The van der Waals surface area contributed by atoms with Gasteiger partial charge in [-0.15, -0.1) is 0 Å². The molecule has 5 nitrogen and oxygen atoms in total. The Hall–Kier alpha value is -1.89. The third kappa shape index (κ3) is 4.84. The summed E-state index contributed by atoms with van der Waals surface area (Å²) in [4.78, 5) is 11.9. The second-order valence-electron chi connectivity index (χ2n) is 5.13. The van der Waals surface area contributed by atoms with Gasteiger partial charge < -0.3 is 20.1 Å². The predicted molar refractivity (Wildman–Crippen MR) is 77.1 cm³/mol. The Bertz CT molecular complexity index is 506. The van der Waals surface area contributed by atoms with Gasteiger partial charge in [-0.1, -0.05) is 0 Å². The number of rotatable bonds is 7. The van der Waals surface area contributed by atoms with E-state index in [0.717, 1.165) is 19.4 Å². The molecule has 0 bridgehead atoms. The highest BCUT2D eigenvalue weighted by Gasteiger charge is 2.18. The molecule has 0 saturated carbocycles. The molecule has 7 heteroatoms. The molecule has 1 heterocycles. The van der Waals surface area contributed by atoms with Gasteiger partial charge in [0.05, 0.1) is 7.11 Å². The van der Waals surface area contributed by atoms with Gasteiger partial charge in [-0.3, -0.25) is 4.79 Å². The van der Waals surface area contributed by atoms with E-state index in [1.165, 1.54) is 19.2 Å². The number of halogens is 2. The van der Waals surface area contributed by atoms with Gasteiger partial charge >= 0.3 is 6.61 Å². The number of nitrogens with one attached hydrogen (secondary N) is 2. The molecule has 0 aromatic heterocycles. The maximum Gasteiger partial charge on any atom is 0.387 e. The monoisotopic (exact) mass is 314 g/mol. The van der Waals surface area contributed by atoms with Gasteiger partial charge in [0.2, 0.25) is 5.91 Å². The maximum atomic E-state index is 12.4. The molecular weight excluding hydrogens is 294 g/mol. The second-order valence-corrected chi connectivity index (χ2v) is 5.13. The molecule has 22 heavy (non-hydrogen) atoms. The number of amides is 1. The topological polar surface area (TPSA) is 59.6 Å². The normalized spacial score (nSPS) is 17.5. The summed E-state index contributed by atoms with van der Waals surface area (Å²) in [6, 6.07) is 4.71. The lowest BCUT2D eigenvalue weighted by Crippen LogP contribution is -2.31. The quantitative estimate of drug-likeness (QED) is 0.809. The van der Waals surface area contributed by atoms with Crippen molar-refractivity contribution in [1.82, 2.24) is 10.6 Å². The molecule has 1 atom stereocenters. The van der Waals surface area contributed by atoms with Crippen LogP contribution in [0, 0.1) is 0 Å². The Morgan fingerprint density at radius 3 is 2.95 bits per heavy atom. The summed E-state index contributed by atoms with van der Waals surface area (Å²) in [7, 11) is 1.48. The van der Waals surface area contributed by atoms with Crippen LogP contribution >= 0.6 is 0 Å². The van der Waals surface area contributed by atoms with Crippen molar-refractivity contribution in [2.75, 3.05) is 13.7 Å². The van der Waals surface area contributed by atoms with Crippen LogP contribution in [-0.4, -0.2) is 32.2 Å². The van der Waals surface area contributed by atoms with E-state index in [2.05, 4.69) is 15.4 Å². The molecule has 1 aromatic carbocycles. The van der Waals surface area contributed by atoms with E-state index in [1.54, 1.807) is 6.07 Å². The lowest BCUT2D eigenvalue weighted by Gasteiger charge is -2.14. The zero-order valence-electron chi connectivity index (χ0n) is 12.4. The Morgan fingerprint density at radius 2 is 2.32 bits per heavy atom. The van der Waals surface area contributed by atoms with E-state index >= 15 is 0 Å². The minimum absolute atomic E-state index is 0.0371. The van der Waals surface area contributed by atoms with Crippen LogP contribution in [0.4, 0.5) is 8.78 Å². The summed E-state index contributed by atoms with van der Waals surface area (Å²) in [5, 5.41) is 5.97. The summed E-state index contributed by atoms with van der Waals surface area (Å²) in [5.41, 5.74) is 0.451. The highest BCUT2D eigenvalue weighted by molar-refractivity contribution is 5.76.